The Morgan fingerprint density at radius 2 is 1.66 bits per heavy atom. The molecule has 3 nitrogen and oxygen atoms in total. The number of fused-ring (bicyclic) bond motifs is 6. The molecule has 0 amide bonds. The molecule has 0 saturated heterocycles. The van der Waals surface area contributed by atoms with Crippen LogP contribution in [0.5, 0.6) is 0 Å². The quantitative estimate of drug-likeness (QED) is 0.117. The smallest absolute Gasteiger partial charge is 0.0775 e. The van der Waals surface area contributed by atoms with Crippen LogP contribution in [-0.2, 0) is 20.1 Å². The fourth-order valence-corrected chi connectivity index (χ4v) is 5.36. The van der Waals surface area contributed by atoms with Gasteiger partial charge in [0.1, 0.15) is 0 Å². The number of nitrogens with zero attached hydrogens (tertiary/aromatic N) is 3. The molecule has 0 bridgehead atoms. The van der Waals surface area contributed by atoms with E-state index in [1.54, 1.807) is 0 Å². The van der Waals surface area contributed by atoms with Gasteiger partial charge >= 0.3 is 0 Å². The maximum absolute atomic E-state index is 4.51. The van der Waals surface area contributed by atoms with Crippen molar-refractivity contribution in [2.45, 2.75) is 26.6 Å². The Morgan fingerprint density at radius 3 is 2.40 bits per heavy atom. The summed E-state index contributed by atoms with van der Waals surface area (Å²) in [4.78, 5) is 8.92. The molecule has 35 heavy (non-hydrogen) atoms. The van der Waals surface area contributed by atoms with Crippen LogP contribution in [0.25, 0.3) is 38.6 Å². The first kappa shape index (κ1) is 25.0. The Labute approximate surface area is 221 Å². The van der Waals surface area contributed by atoms with Crippen molar-refractivity contribution in [1.82, 2.24) is 14.4 Å². The normalized spacial score (nSPS) is 11.2. The maximum Gasteiger partial charge on any atom is 0.0775 e. The van der Waals surface area contributed by atoms with Gasteiger partial charge in [0.15, 0.2) is 0 Å². The van der Waals surface area contributed by atoms with E-state index in [0.29, 0.717) is 0 Å². The van der Waals surface area contributed by atoms with Crippen LogP contribution in [0.4, 0.5) is 0 Å². The molecule has 6 aromatic rings. The third kappa shape index (κ3) is 5.13. The molecule has 0 aliphatic heterocycles. The van der Waals surface area contributed by atoms with E-state index in [2.05, 4.69) is 76.5 Å². The van der Waals surface area contributed by atoms with Gasteiger partial charge in [-0.3, -0.25) is 4.98 Å². The predicted octanol–water partition coefficient (Wildman–Crippen LogP) is 6.84. The number of hydrogen-bond donors (Lipinski definition) is 0. The van der Waals surface area contributed by atoms with E-state index in [4.69, 9.17) is 0 Å². The fraction of sp³-hybridized carbons (Fsp3) is 0.133. The van der Waals surface area contributed by atoms with Crippen molar-refractivity contribution in [1.29, 1.82) is 0 Å². The molecule has 0 spiro atoms. The summed E-state index contributed by atoms with van der Waals surface area (Å²) in [6.07, 6.45) is 3.90. The minimum atomic E-state index is -1.32. The van der Waals surface area contributed by atoms with Crippen LogP contribution in [-0.4, -0.2) is 22.4 Å². The molecule has 0 aliphatic carbocycles. The van der Waals surface area contributed by atoms with E-state index in [0.717, 1.165) is 28.0 Å². The largest absolute Gasteiger partial charge is 0.340 e. The molecule has 0 N–H and O–H groups in total. The topological polar surface area (TPSA) is 30.2 Å². The van der Waals surface area contributed by atoms with Crippen molar-refractivity contribution in [2.75, 3.05) is 0 Å². The average molecular weight is 650 g/mol. The first-order valence-corrected chi connectivity index (χ1v) is 15.0. The molecule has 177 valence electrons. The molecular formula is C30H27IrN3Si-2. The summed E-state index contributed by atoms with van der Waals surface area (Å²) in [5.74, 6) is 0. The molecule has 1 radical (unpaired) electrons. The van der Waals surface area contributed by atoms with Crippen molar-refractivity contribution < 1.29 is 20.1 Å². The van der Waals surface area contributed by atoms with Crippen LogP contribution in [0, 0.1) is 19.1 Å². The first-order valence-electron chi connectivity index (χ1n) is 11.5. The minimum absolute atomic E-state index is 0. The van der Waals surface area contributed by atoms with Crippen LogP contribution < -0.4 is 5.19 Å². The van der Waals surface area contributed by atoms with Gasteiger partial charge in [-0.05, 0) is 30.1 Å². The Kier molecular flexibility index (Phi) is 7.32. The van der Waals surface area contributed by atoms with Crippen molar-refractivity contribution >= 4 is 40.6 Å². The van der Waals surface area contributed by atoms with Crippen molar-refractivity contribution in [2.24, 2.45) is 0 Å². The van der Waals surface area contributed by atoms with Crippen LogP contribution in [0.3, 0.4) is 0 Å². The van der Waals surface area contributed by atoms with Crippen molar-refractivity contribution in [3.05, 3.63) is 109 Å². The van der Waals surface area contributed by atoms with Gasteiger partial charge in [0.05, 0.1) is 13.7 Å². The first-order chi connectivity index (χ1) is 16.4. The minimum Gasteiger partial charge on any atom is -0.340 e. The van der Waals surface area contributed by atoms with Crippen LogP contribution in [0.1, 0.15) is 5.69 Å². The molecule has 0 aliphatic rings. The van der Waals surface area contributed by atoms with Gasteiger partial charge < -0.3 is 9.38 Å². The van der Waals surface area contributed by atoms with E-state index < -0.39 is 8.07 Å². The number of imidazole rings is 1. The van der Waals surface area contributed by atoms with E-state index in [1.165, 1.54) is 21.5 Å². The fourth-order valence-electron chi connectivity index (χ4n) is 4.20. The Balaban J connectivity index is 0.000000179. The van der Waals surface area contributed by atoms with Gasteiger partial charge in [0.25, 0.3) is 0 Å². The second kappa shape index (κ2) is 10.2. The zero-order valence-corrected chi connectivity index (χ0v) is 23.7. The second-order valence-electron chi connectivity index (χ2n) is 9.50. The van der Waals surface area contributed by atoms with Crippen molar-refractivity contribution in [3.8, 4) is 11.3 Å². The van der Waals surface area contributed by atoms with Gasteiger partial charge in [0, 0.05) is 43.7 Å². The molecule has 3 heterocycles. The number of hydrogen-bond acceptors (Lipinski definition) is 2. The molecule has 0 atom stereocenters. The van der Waals surface area contributed by atoms with E-state index in [-0.39, 0.29) is 20.1 Å². The monoisotopic (exact) mass is 650 g/mol. The number of benzene rings is 3. The summed E-state index contributed by atoms with van der Waals surface area (Å²) in [6.45, 7) is 9.15. The number of rotatable bonds is 2. The maximum atomic E-state index is 4.51. The Bertz CT molecular complexity index is 1600. The van der Waals surface area contributed by atoms with Crippen LogP contribution in [0.2, 0.25) is 19.6 Å². The molecule has 0 unspecified atom stereocenters. The molecule has 6 rings (SSSR count). The van der Waals surface area contributed by atoms with Crippen molar-refractivity contribution in [3.63, 3.8) is 0 Å². The number of pyridine rings is 2. The molecule has 5 heteroatoms. The Morgan fingerprint density at radius 1 is 0.829 bits per heavy atom. The third-order valence-corrected chi connectivity index (χ3v) is 8.05. The zero-order chi connectivity index (χ0) is 23.7. The van der Waals surface area contributed by atoms with E-state index in [1.807, 2.05) is 67.8 Å². The zero-order valence-electron chi connectivity index (χ0n) is 20.3. The van der Waals surface area contributed by atoms with E-state index >= 15 is 0 Å². The number of aryl methyl sites for hydroxylation is 1. The Hall–Kier alpha value is -3.11. The average Bonchev–Trinajstić information content (AvgIpc) is 3.35. The molecular weight excluding hydrogens is 623 g/mol. The third-order valence-electron chi connectivity index (χ3n) is 6.01. The van der Waals surface area contributed by atoms with Gasteiger partial charge in [-0.15, -0.1) is 65.5 Å². The van der Waals surface area contributed by atoms with Gasteiger partial charge in [-0.1, -0.05) is 54.5 Å². The molecule has 0 fully saturated rings. The molecule has 3 aromatic heterocycles. The predicted molar refractivity (Wildman–Crippen MR) is 145 cm³/mol. The van der Waals surface area contributed by atoms with Gasteiger partial charge in [0.2, 0.25) is 0 Å². The summed E-state index contributed by atoms with van der Waals surface area (Å²) in [5, 5.41) is 5.13. The van der Waals surface area contributed by atoms with Crippen LogP contribution in [0.15, 0.2) is 91.3 Å². The van der Waals surface area contributed by atoms with Gasteiger partial charge in [-0.2, -0.15) is 0 Å². The summed E-state index contributed by atoms with van der Waals surface area (Å²) in [7, 11) is -1.32. The summed E-state index contributed by atoms with van der Waals surface area (Å²) >= 11 is 0. The molecule has 3 aromatic carbocycles. The summed E-state index contributed by atoms with van der Waals surface area (Å²) < 4.78 is 2.17. The SMILES string of the molecule is C[Si](C)(C)c1ccc2c(c1)c1ccc[c-]c1c1nccn21.Cc1cccc(-c2[c-]cccc2)n1.[Ir]. The standard InChI is InChI=1S/C18H17N2Si.C12H10N.Ir/c1-21(2,3)13-8-9-17-16(12-13)14-6-4-5-7-15(14)18-19-10-11-20(17)18;1-10-6-5-9-12(13-10)11-7-3-2-4-8-11;/h4-6,8-12H,1-3H3;2-7,9H,1H3;/q2*-1;. The number of aromatic nitrogens is 3. The summed E-state index contributed by atoms with van der Waals surface area (Å²) in [6, 6.07) is 33.5. The molecule has 0 saturated carbocycles. The summed E-state index contributed by atoms with van der Waals surface area (Å²) in [5.41, 5.74) is 5.28. The second-order valence-corrected chi connectivity index (χ2v) is 14.6. The van der Waals surface area contributed by atoms with Crippen LogP contribution >= 0.6 is 0 Å². The van der Waals surface area contributed by atoms with E-state index in [9.17, 15) is 0 Å². The van der Waals surface area contributed by atoms with Gasteiger partial charge in [-0.25, -0.2) is 0 Å².